The highest BCUT2D eigenvalue weighted by Gasteiger charge is 2.18. The van der Waals surface area contributed by atoms with Crippen LogP contribution in [-0.2, 0) is 23.1 Å². The van der Waals surface area contributed by atoms with E-state index in [1.165, 1.54) is 30.3 Å². The van der Waals surface area contributed by atoms with Gasteiger partial charge in [-0.25, -0.2) is 22.5 Å². The highest BCUT2D eigenvalue weighted by molar-refractivity contribution is 7.89. The number of halogens is 1. The second kappa shape index (κ2) is 10.2. The van der Waals surface area contributed by atoms with Crippen molar-refractivity contribution in [2.45, 2.75) is 31.8 Å². The molecule has 0 spiro atoms. The first-order chi connectivity index (χ1) is 16.7. The van der Waals surface area contributed by atoms with Crippen LogP contribution in [0, 0.1) is 19.7 Å². The fourth-order valence-electron chi connectivity index (χ4n) is 3.84. The summed E-state index contributed by atoms with van der Waals surface area (Å²) in [7, 11) is -3.82. The van der Waals surface area contributed by atoms with Crippen molar-refractivity contribution >= 4 is 15.9 Å². The van der Waals surface area contributed by atoms with Crippen molar-refractivity contribution in [1.29, 1.82) is 0 Å². The van der Waals surface area contributed by atoms with Gasteiger partial charge in [-0.05, 0) is 67.4 Å². The van der Waals surface area contributed by atoms with E-state index in [4.69, 9.17) is 0 Å². The Balaban J connectivity index is 1.44. The summed E-state index contributed by atoms with van der Waals surface area (Å²) in [5.74, 6) is 0.0308. The van der Waals surface area contributed by atoms with Crippen molar-refractivity contribution in [3.63, 3.8) is 0 Å². The maximum absolute atomic E-state index is 13.4. The molecule has 0 aliphatic carbocycles. The first-order valence-corrected chi connectivity index (χ1v) is 12.4. The molecule has 1 amide bonds. The predicted molar refractivity (Wildman–Crippen MR) is 131 cm³/mol. The fraction of sp³-hybridized carbons (Fsp3) is 0.154. The average Bonchev–Trinajstić information content (AvgIpc) is 3.16. The van der Waals surface area contributed by atoms with Gasteiger partial charge in [0.2, 0.25) is 10.0 Å². The number of rotatable bonds is 8. The number of aromatic nitrogens is 2. The van der Waals surface area contributed by atoms with E-state index in [2.05, 4.69) is 15.0 Å². The molecular weight excluding hydrogens is 467 g/mol. The smallest absolute Gasteiger partial charge is 0.253 e. The Hall–Kier alpha value is -3.82. The van der Waals surface area contributed by atoms with E-state index < -0.39 is 15.8 Å². The minimum absolute atomic E-state index is 0.0348. The summed E-state index contributed by atoms with van der Waals surface area (Å²) in [5.41, 5.74) is 3.31. The van der Waals surface area contributed by atoms with Gasteiger partial charge in [-0.1, -0.05) is 30.3 Å². The number of carbonyl (C=O) groups is 1. The molecule has 4 aromatic rings. The van der Waals surface area contributed by atoms with Crippen molar-refractivity contribution in [3.8, 4) is 5.82 Å². The third-order valence-corrected chi connectivity index (χ3v) is 6.97. The number of nitrogens with one attached hydrogen (secondary N) is 2. The molecule has 0 unspecified atom stereocenters. The van der Waals surface area contributed by atoms with Crippen LogP contribution in [0.15, 0.2) is 83.9 Å². The van der Waals surface area contributed by atoms with Crippen LogP contribution in [0.3, 0.4) is 0 Å². The molecule has 0 saturated heterocycles. The van der Waals surface area contributed by atoms with Crippen molar-refractivity contribution < 1.29 is 17.6 Å². The van der Waals surface area contributed by atoms with Crippen LogP contribution in [0.25, 0.3) is 5.82 Å². The van der Waals surface area contributed by atoms with E-state index in [9.17, 15) is 17.6 Å². The number of hydrogen-bond acceptors (Lipinski definition) is 4. The molecule has 0 aliphatic heterocycles. The predicted octanol–water partition coefficient (Wildman–Crippen LogP) is 4.04. The van der Waals surface area contributed by atoms with Gasteiger partial charge in [0.05, 0.1) is 10.5 Å². The SMILES string of the molecule is Cc1cc(C(=O)NCc2cccc(S(=O)(=O)NCc3cccc(F)c3)c2)c(C)n1-c1ccccn1. The first-order valence-electron chi connectivity index (χ1n) is 11.0. The molecule has 0 aliphatic rings. The zero-order valence-electron chi connectivity index (χ0n) is 19.3. The normalized spacial score (nSPS) is 11.4. The number of carbonyl (C=O) groups excluding carboxylic acids is 1. The van der Waals surface area contributed by atoms with Crippen molar-refractivity contribution in [2.75, 3.05) is 0 Å². The van der Waals surface area contributed by atoms with Gasteiger partial charge in [-0.15, -0.1) is 0 Å². The number of benzene rings is 2. The Morgan fingerprint density at radius 3 is 2.40 bits per heavy atom. The molecule has 0 bridgehead atoms. The topological polar surface area (TPSA) is 93.1 Å². The van der Waals surface area contributed by atoms with Gasteiger partial charge in [0.25, 0.3) is 5.91 Å². The molecule has 0 saturated carbocycles. The van der Waals surface area contributed by atoms with Gasteiger partial charge in [-0.2, -0.15) is 0 Å². The van der Waals surface area contributed by atoms with Gasteiger partial charge in [0, 0.05) is 30.7 Å². The highest BCUT2D eigenvalue weighted by Crippen LogP contribution is 2.20. The average molecular weight is 493 g/mol. The van der Waals surface area contributed by atoms with Gasteiger partial charge < -0.3 is 9.88 Å². The lowest BCUT2D eigenvalue weighted by Gasteiger charge is -2.10. The molecule has 9 heteroatoms. The van der Waals surface area contributed by atoms with Crippen LogP contribution >= 0.6 is 0 Å². The molecule has 180 valence electrons. The maximum atomic E-state index is 13.4. The Morgan fingerprint density at radius 1 is 0.943 bits per heavy atom. The van der Waals surface area contributed by atoms with Crippen LogP contribution in [0.2, 0.25) is 0 Å². The second-order valence-corrected chi connectivity index (χ2v) is 9.86. The molecule has 0 atom stereocenters. The molecule has 0 fully saturated rings. The van der Waals surface area contributed by atoms with E-state index in [1.54, 1.807) is 30.5 Å². The fourth-order valence-corrected chi connectivity index (χ4v) is 4.93. The standard InChI is InChI=1S/C26H25FN4O3S/c1-18-13-24(19(2)31(18)25-11-3-4-12-28-25)26(32)29-16-21-8-6-10-23(15-21)35(33,34)30-17-20-7-5-9-22(27)14-20/h3-15,30H,16-17H2,1-2H3,(H,29,32). The zero-order chi connectivity index (χ0) is 25.0. The van der Waals surface area contributed by atoms with Crippen LogP contribution in [0.1, 0.15) is 32.9 Å². The van der Waals surface area contributed by atoms with E-state index >= 15 is 0 Å². The maximum Gasteiger partial charge on any atom is 0.253 e. The largest absolute Gasteiger partial charge is 0.348 e. The summed E-state index contributed by atoms with van der Waals surface area (Å²) in [4.78, 5) is 17.3. The monoisotopic (exact) mass is 492 g/mol. The zero-order valence-corrected chi connectivity index (χ0v) is 20.1. The van der Waals surface area contributed by atoms with E-state index in [-0.39, 0.29) is 23.9 Å². The van der Waals surface area contributed by atoms with E-state index in [1.807, 2.05) is 36.6 Å². The molecular formula is C26H25FN4O3S. The quantitative estimate of drug-likeness (QED) is 0.388. The van der Waals surface area contributed by atoms with Crippen LogP contribution in [0.4, 0.5) is 4.39 Å². The van der Waals surface area contributed by atoms with E-state index in [0.29, 0.717) is 16.7 Å². The van der Waals surface area contributed by atoms with Gasteiger partial charge in [-0.3, -0.25) is 4.79 Å². The third kappa shape index (κ3) is 5.64. The molecule has 4 rings (SSSR count). The number of sulfonamides is 1. The molecule has 2 heterocycles. The number of pyridine rings is 1. The van der Waals surface area contributed by atoms with Crippen molar-refractivity contribution in [3.05, 3.63) is 113 Å². The van der Waals surface area contributed by atoms with E-state index in [0.717, 1.165) is 17.2 Å². The van der Waals surface area contributed by atoms with Gasteiger partial charge >= 0.3 is 0 Å². The Kier molecular flexibility index (Phi) is 7.09. The summed E-state index contributed by atoms with van der Waals surface area (Å²) in [6.07, 6.45) is 1.70. The van der Waals surface area contributed by atoms with Crippen LogP contribution < -0.4 is 10.0 Å². The Labute approximate surface area is 203 Å². The summed E-state index contributed by atoms with van der Waals surface area (Å²) < 4.78 is 43.2. The molecule has 7 nitrogen and oxygen atoms in total. The lowest BCUT2D eigenvalue weighted by molar-refractivity contribution is 0.0950. The number of amides is 1. The van der Waals surface area contributed by atoms with Crippen molar-refractivity contribution in [1.82, 2.24) is 19.6 Å². The lowest BCUT2D eigenvalue weighted by Crippen LogP contribution is -2.25. The number of aryl methyl sites for hydroxylation is 1. The molecule has 2 aromatic heterocycles. The minimum Gasteiger partial charge on any atom is -0.348 e. The molecule has 35 heavy (non-hydrogen) atoms. The van der Waals surface area contributed by atoms with Crippen LogP contribution in [-0.4, -0.2) is 23.9 Å². The molecule has 0 radical (unpaired) electrons. The summed E-state index contributed by atoms with van der Waals surface area (Å²) in [6.45, 7) is 3.88. The summed E-state index contributed by atoms with van der Waals surface area (Å²) >= 11 is 0. The number of nitrogens with zero attached hydrogens (tertiary/aromatic N) is 2. The Morgan fingerprint density at radius 2 is 1.69 bits per heavy atom. The Bertz CT molecular complexity index is 1470. The van der Waals surface area contributed by atoms with Gasteiger partial charge in [0.1, 0.15) is 11.6 Å². The highest BCUT2D eigenvalue weighted by atomic mass is 32.2. The number of hydrogen-bond donors (Lipinski definition) is 2. The summed E-state index contributed by atoms with van der Waals surface area (Å²) in [6, 6.07) is 19.5. The minimum atomic E-state index is -3.82. The van der Waals surface area contributed by atoms with Crippen molar-refractivity contribution in [2.24, 2.45) is 0 Å². The first kappa shape index (κ1) is 24.3. The second-order valence-electron chi connectivity index (χ2n) is 8.09. The third-order valence-electron chi connectivity index (χ3n) is 5.57. The van der Waals surface area contributed by atoms with Gasteiger partial charge in [0.15, 0.2) is 0 Å². The van der Waals surface area contributed by atoms with Crippen LogP contribution in [0.5, 0.6) is 0 Å². The lowest BCUT2D eigenvalue weighted by atomic mass is 10.2. The molecule has 2 N–H and O–H groups in total. The summed E-state index contributed by atoms with van der Waals surface area (Å²) in [5, 5.41) is 2.86. The molecule has 2 aromatic carbocycles.